The molecule has 1 saturated carbocycles. The molecule has 2 fully saturated rings. The minimum absolute atomic E-state index is 0.00525. The molecule has 13 heteroatoms. The normalized spacial score (nSPS) is 19.4. The van der Waals surface area contributed by atoms with Crippen LogP contribution in [0.15, 0.2) is 66.7 Å². The monoisotopic (exact) mass is 592 g/mol. The third kappa shape index (κ3) is 5.73. The van der Waals surface area contributed by atoms with Crippen molar-refractivity contribution in [3.8, 4) is 0 Å². The molecule has 2 heterocycles. The first-order chi connectivity index (χ1) is 19.0. The average molecular weight is 593 g/mol. The average Bonchev–Trinajstić information content (AvgIpc) is 3.27. The van der Waals surface area contributed by atoms with Crippen LogP contribution in [-0.4, -0.2) is 40.1 Å². The van der Waals surface area contributed by atoms with Gasteiger partial charge in [-0.1, -0.05) is 53.5 Å². The van der Waals surface area contributed by atoms with Crippen LogP contribution < -0.4 is 15.2 Å². The number of hydrazine groups is 1. The number of hydroxylamine groups is 1. The fourth-order valence-electron chi connectivity index (χ4n) is 4.95. The van der Waals surface area contributed by atoms with Gasteiger partial charge in [0.05, 0.1) is 11.9 Å². The second kappa shape index (κ2) is 11.2. The van der Waals surface area contributed by atoms with E-state index < -0.39 is 54.6 Å². The van der Waals surface area contributed by atoms with Gasteiger partial charge in [0.25, 0.3) is 5.92 Å². The summed E-state index contributed by atoms with van der Waals surface area (Å²) in [5, 5.41) is 18.5. The molecule has 5 rings (SSSR count). The Hall–Kier alpha value is -3.38. The minimum atomic E-state index is -2.90. The van der Waals surface area contributed by atoms with Gasteiger partial charge in [-0.3, -0.25) is 24.7 Å². The lowest BCUT2D eigenvalue weighted by atomic mass is 9.88. The minimum Gasteiger partial charge on any atom is -0.766 e. The smallest absolute Gasteiger partial charge is 0.252 e. The van der Waals surface area contributed by atoms with Gasteiger partial charge < -0.3 is 10.5 Å². The number of hydrogen-bond donors (Lipinski definition) is 1. The quantitative estimate of drug-likeness (QED) is 0.260. The van der Waals surface area contributed by atoms with Crippen molar-refractivity contribution in [3.63, 3.8) is 0 Å². The number of halogens is 5. The highest BCUT2D eigenvalue weighted by atomic mass is 35.5. The highest BCUT2D eigenvalue weighted by Crippen LogP contribution is 2.40. The molecule has 1 N–H and O–H groups in total. The number of pyridine rings is 1. The Morgan fingerprint density at radius 1 is 1.10 bits per heavy atom. The van der Waals surface area contributed by atoms with E-state index in [9.17, 15) is 28.0 Å². The third-order valence-electron chi connectivity index (χ3n) is 6.80. The van der Waals surface area contributed by atoms with Gasteiger partial charge in [0.2, 0.25) is 11.8 Å². The van der Waals surface area contributed by atoms with E-state index in [1.165, 1.54) is 47.4 Å². The van der Waals surface area contributed by atoms with E-state index in [2.05, 4.69) is 10.3 Å². The summed E-state index contributed by atoms with van der Waals surface area (Å²) < 4.78 is 41.6. The fourth-order valence-corrected chi connectivity index (χ4v) is 5.35. The van der Waals surface area contributed by atoms with Crippen LogP contribution >= 0.6 is 23.2 Å². The number of alkyl halides is 2. The Morgan fingerprint density at radius 3 is 2.50 bits per heavy atom. The number of anilines is 2. The van der Waals surface area contributed by atoms with Gasteiger partial charge in [-0.2, -0.15) is 0 Å². The van der Waals surface area contributed by atoms with Crippen LogP contribution in [-0.2, 0) is 9.59 Å². The molecular formula is C27H23Cl2F3N5O3-. The number of amides is 2. The molecule has 1 aliphatic carbocycles. The number of benzene rings is 2. The van der Waals surface area contributed by atoms with E-state index >= 15 is 0 Å². The molecule has 210 valence electrons. The summed E-state index contributed by atoms with van der Waals surface area (Å²) >= 11 is 12.5. The molecule has 2 aromatic carbocycles. The van der Waals surface area contributed by atoms with E-state index in [0.29, 0.717) is 5.17 Å². The van der Waals surface area contributed by atoms with Gasteiger partial charge in [-0.25, -0.2) is 18.2 Å². The van der Waals surface area contributed by atoms with Crippen LogP contribution in [0.5, 0.6) is 0 Å². The first-order valence-electron chi connectivity index (χ1n) is 12.4. The Balaban J connectivity index is 1.60. The first kappa shape index (κ1) is 28.2. The number of carbonyl (C=O) groups excluding carboxylic acids is 2. The molecule has 1 saturated heterocycles. The Morgan fingerprint density at radius 2 is 1.82 bits per heavy atom. The van der Waals surface area contributed by atoms with Crippen molar-refractivity contribution in [1.29, 1.82) is 0 Å². The highest BCUT2D eigenvalue weighted by Gasteiger charge is 2.47. The summed E-state index contributed by atoms with van der Waals surface area (Å²) in [6.45, 7) is 0. The predicted molar refractivity (Wildman–Crippen MR) is 144 cm³/mol. The molecule has 2 atom stereocenters. The molecule has 2 aliphatic rings. The summed E-state index contributed by atoms with van der Waals surface area (Å²) in [5.41, 5.74) is 0.155. The summed E-state index contributed by atoms with van der Waals surface area (Å²) in [6, 6.07) is 13.5. The van der Waals surface area contributed by atoms with Crippen molar-refractivity contribution in [2.24, 2.45) is 0 Å². The summed E-state index contributed by atoms with van der Waals surface area (Å²) in [7, 11) is 0. The maximum Gasteiger partial charge on any atom is 0.252 e. The lowest BCUT2D eigenvalue weighted by Crippen LogP contribution is -2.58. The molecule has 0 bridgehead atoms. The van der Waals surface area contributed by atoms with Crippen molar-refractivity contribution < 1.29 is 22.8 Å². The third-order valence-corrected chi connectivity index (χ3v) is 7.35. The topological polar surface area (TPSA) is 91.8 Å². The van der Waals surface area contributed by atoms with Crippen LogP contribution in [0, 0.1) is 11.0 Å². The number of carbonyl (C=O) groups is 2. The zero-order valence-corrected chi connectivity index (χ0v) is 22.3. The van der Waals surface area contributed by atoms with Crippen molar-refractivity contribution in [2.45, 2.75) is 49.9 Å². The van der Waals surface area contributed by atoms with E-state index in [0.717, 1.165) is 11.1 Å². The number of nitrogens with zero attached hydrogens (tertiary/aromatic N) is 4. The van der Waals surface area contributed by atoms with Gasteiger partial charge >= 0.3 is 0 Å². The first-order valence-corrected chi connectivity index (χ1v) is 13.2. The molecule has 0 spiro atoms. The standard InChI is InChI=1S/C27H23Cl2F3N5O3/c28-20-8-2-1-7-19(20)25(26(39)33-17-14-27(31,32)15-17)36(18-6-3-5-16(30)13-18)37(40)23-11-12-24(38)35(23)22-10-4-9-21(29)34-22/h1-10,13,17,23,25H,11-12,14-15H2,(H,33,39)/q-1/t23-,25+/m1/s1. The number of nitrogens with one attached hydrogen (secondary N) is 1. The van der Waals surface area contributed by atoms with Gasteiger partial charge in [0.1, 0.15) is 22.8 Å². The highest BCUT2D eigenvalue weighted by molar-refractivity contribution is 6.31. The fraction of sp³-hybridized carbons (Fsp3) is 0.296. The lowest BCUT2D eigenvalue weighted by molar-refractivity contribution is -0.131. The van der Waals surface area contributed by atoms with E-state index in [4.69, 9.17) is 23.2 Å². The lowest BCUT2D eigenvalue weighted by Gasteiger charge is -2.50. The van der Waals surface area contributed by atoms with Gasteiger partial charge in [0.15, 0.2) is 0 Å². The van der Waals surface area contributed by atoms with E-state index in [1.54, 1.807) is 18.2 Å². The summed E-state index contributed by atoms with van der Waals surface area (Å²) in [5.74, 6) is -4.68. The number of rotatable bonds is 8. The van der Waals surface area contributed by atoms with E-state index in [-0.39, 0.29) is 40.1 Å². The predicted octanol–water partition coefficient (Wildman–Crippen LogP) is 5.86. The zero-order valence-electron chi connectivity index (χ0n) is 20.8. The second-order valence-electron chi connectivity index (χ2n) is 9.62. The molecule has 0 unspecified atom stereocenters. The molecule has 3 aromatic rings. The summed E-state index contributed by atoms with van der Waals surface area (Å²) in [6.07, 6.45) is -2.27. The second-order valence-corrected chi connectivity index (χ2v) is 10.4. The summed E-state index contributed by atoms with van der Waals surface area (Å²) in [4.78, 5) is 32.0. The van der Waals surface area contributed by atoms with Crippen LogP contribution in [0.4, 0.5) is 24.7 Å². The van der Waals surface area contributed by atoms with Crippen molar-refractivity contribution in [2.75, 3.05) is 9.91 Å². The van der Waals surface area contributed by atoms with Crippen LogP contribution in [0.2, 0.25) is 10.2 Å². The van der Waals surface area contributed by atoms with Crippen LogP contribution in [0.1, 0.15) is 37.3 Å². The number of aromatic nitrogens is 1. The number of hydrogen-bond acceptors (Lipinski definition) is 6. The maximum atomic E-state index is 14.5. The van der Waals surface area contributed by atoms with Crippen molar-refractivity contribution in [3.05, 3.63) is 93.5 Å². The molecule has 0 radical (unpaired) electrons. The maximum absolute atomic E-state index is 14.5. The SMILES string of the molecule is O=C(NC1CC(F)(F)C1)[C@H](c1ccccc1Cl)N(c1cccc(F)c1)N([O-])[C@@H]1CCC(=O)N1c1cccc(Cl)n1. The molecule has 40 heavy (non-hydrogen) atoms. The van der Waals surface area contributed by atoms with Crippen LogP contribution in [0.25, 0.3) is 0 Å². The molecule has 2 amide bonds. The Kier molecular flexibility index (Phi) is 7.92. The molecule has 8 nitrogen and oxygen atoms in total. The molecular weight excluding hydrogens is 570 g/mol. The molecule has 1 aliphatic heterocycles. The molecule has 1 aromatic heterocycles. The largest absolute Gasteiger partial charge is 0.766 e. The van der Waals surface area contributed by atoms with Gasteiger partial charge in [-0.05, 0) is 42.8 Å². The van der Waals surface area contributed by atoms with Gasteiger partial charge in [-0.15, -0.1) is 0 Å². The van der Waals surface area contributed by atoms with Gasteiger partial charge in [0, 0.05) is 35.9 Å². The van der Waals surface area contributed by atoms with Crippen molar-refractivity contribution >= 4 is 46.5 Å². The van der Waals surface area contributed by atoms with Crippen LogP contribution in [0.3, 0.4) is 0 Å². The Labute approximate surface area is 237 Å². The van der Waals surface area contributed by atoms with Crippen molar-refractivity contribution in [1.82, 2.24) is 15.5 Å². The van der Waals surface area contributed by atoms with E-state index in [1.807, 2.05) is 0 Å². The zero-order chi connectivity index (χ0) is 28.6. The Bertz CT molecular complexity index is 1420.